The zero-order chi connectivity index (χ0) is 16.2. The molecule has 7 heteroatoms. The Kier molecular flexibility index (Phi) is 6.72. The van der Waals surface area contributed by atoms with Crippen molar-refractivity contribution < 1.29 is 4.79 Å². The van der Waals surface area contributed by atoms with Crippen molar-refractivity contribution in [1.82, 2.24) is 20.3 Å². The number of carbonyl (C=O) groups excluding carboxylic acids is 1. The van der Waals surface area contributed by atoms with Gasteiger partial charge in [-0.1, -0.05) is 31.2 Å². The normalized spacial score (nSPS) is 11.0. The molecule has 23 heavy (non-hydrogen) atoms. The fourth-order valence-corrected chi connectivity index (χ4v) is 2.34. The van der Waals surface area contributed by atoms with E-state index in [4.69, 9.17) is 5.73 Å². The van der Waals surface area contributed by atoms with E-state index in [0.29, 0.717) is 12.2 Å². The fraction of sp³-hybridized carbons (Fsp3) is 0.438. The van der Waals surface area contributed by atoms with Gasteiger partial charge >= 0.3 is 0 Å². The quantitative estimate of drug-likeness (QED) is 0.846. The third-order valence-corrected chi connectivity index (χ3v) is 4.12. The first-order valence-electron chi connectivity index (χ1n) is 7.55. The number of aromatic nitrogens is 3. The first kappa shape index (κ1) is 19.1. The standard InChI is InChI=1S/C16H23N5O.ClH/c1-4-16(5-2,11-17)18-15(22)14-10-21(20-19-14)13-8-6-7-12(3)9-13;/h6-10H,4-5,11,17H2,1-3H3,(H,18,22);1H. The molecule has 0 unspecified atom stereocenters. The van der Waals surface area contributed by atoms with Crippen LogP contribution in [0.25, 0.3) is 5.69 Å². The summed E-state index contributed by atoms with van der Waals surface area (Å²) < 4.78 is 1.60. The van der Waals surface area contributed by atoms with Gasteiger partial charge in [-0.3, -0.25) is 4.79 Å². The van der Waals surface area contributed by atoms with Gasteiger partial charge in [-0.05, 0) is 37.5 Å². The molecule has 3 N–H and O–H groups in total. The molecule has 2 rings (SSSR count). The number of nitrogens with zero attached hydrogens (tertiary/aromatic N) is 3. The second-order valence-electron chi connectivity index (χ2n) is 5.53. The van der Waals surface area contributed by atoms with Gasteiger partial charge in [0.1, 0.15) is 0 Å². The van der Waals surface area contributed by atoms with Crippen LogP contribution in [-0.4, -0.2) is 33.0 Å². The summed E-state index contributed by atoms with van der Waals surface area (Å²) in [6, 6.07) is 7.86. The number of nitrogens with one attached hydrogen (secondary N) is 1. The molecule has 126 valence electrons. The van der Waals surface area contributed by atoms with Gasteiger partial charge in [-0.15, -0.1) is 17.5 Å². The molecule has 1 amide bonds. The zero-order valence-corrected chi connectivity index (χ0v) is 14.6. The lowest BCUT2D eigenvalue weighted by atomic mass is 9.93. The molecule has 1 aromatic carbocycles. The second-order valence-corrected chi connectivity index (χ2v) is 5.53. The van der Waals surface area contributed by atoms with Gasteiger partial charge in [0.25, 0.3) is 5.91 Å². The van der Waals surface area contributed by atoms with Crippen LogP contribution in [0.2, 0.25) is 0 Å². The average molecular weight is 338 g/mol. The largest absolute Gasteiger partial charge is 0.344 e. The molecule has 0 saturated heterocycles. The van der Waals surface area contributed by atoms with E-state index in [1.54, 1.807) is 10.9 Å². The van der Waals surface area contributed by atoms with Crippen LogP contribution < -0.4 is 11.1 Å². The SMILES string of the molecule is CCC(CC)(CN)NC(=O)c1cn(-c2cccc(C)c2)nn1.Cl. The monoisotopic (exact) mass is 337 g/mol. The lowest BCUT2D eigenvalue weighted by Gasteiger charge is -2.30. The van der Waals surface area contributed by atoms with E-state index in [9.17, 15) is 4.79 Å². The summed E-state index contributed by atoms with van der Waals surface area (Å²) in [5.41, 5.74) is 7.72. The Bertz CT molecular complexity index is 643. The Morgan fingerprint density at radius 1 is 1.35 bits per heavy atom. The molecule has 0 aliphatic carbocycles. The topological polar surface area (TPSA) is 85.8 Å². The molecule has 0 saturated carbocycles. The molecule has 1 heterocycles. The number of benzene rings is 1. The second kappa shape index (κ2) is 8.08. The van der Waals surface area contributed by atoms with Crippen molar-refractivity contribution in [1.29, 1.82) is 0 Å². The fourth-order valence-electron chi connectivity index (χ4n) is 2.34. The van der Waals surface area contributed by atoms with Crippen molar-refractivity contribution in [2.24, 2.45) is 5.73 Å². The lowest BCUT2D eigenvalue weighted by molar-refractivity contribution is 0.0890. The number of aryl methyl sites for hydroxylation is 1. The van der Waals surface area contributed by atoms with E-state index in [-0.39, 0.29) is 23.9 Å². The Morgan fingerprint density at radius 2 is 2.04 bits per heavy atom. The molecular weight excluding hydrogens is 314 g/mol. The van der Waals surface area contributed by atoms with Crippen LogP contribution in [0.4, 0.5) is 0 Å². The molecule has 6 nitrogen and oxygen atoms in total. The number of halogens is 1. The van der Waals surface area contributed by atoms with Crippen LogP contribution in [0, 0.1) is 6.92 Å². The Labute approximate surface area is 142 Å². The van der Waals surface area contributed by atoms with Crippen LogP contribution >= 0.6 is 12.4 Å². The van der Waals surface area contributed by atoms with Gasteiger partial charge in [0.15, 0.2) is 5.69 Å². The Balaban J connectivity index is 0.00000264. The smallest absolute Gasteiger partial charge is 0.273 e. The lowest BCUT2D eigenvalue weighted by Crippen LogP contribution is -2.53. The van der Waals surface area contributed by atoms with E-state index >= 15 is 0 Å². The molecule has 0 aliphatic heterocycles. The van der Waals surface area contributed by atoms with Crippen LogP contribution in [0.15, 0.2) is 30.5 Å². The summed E-state index contributed by atoms with van der Waals surface area (Å²) in [6.07, 6.45) is 3.19. The number of rotatable bonds is 6. The van der Waals surface area contributed by atoms with Gasteiger partial charge in [-0.25, -0.2) is 4.68 Å². The van der Waals surface area contributed by atoms with E-state index < -0.39 is 0 Å². The van der Waals surface area contributed by atoms with Gasteiger partial charge in [0, 0.05) is 6.54 Å². The van der Waals surface area contributed by atoms with E-state index in [1.165, 1.54) is 0 Å². The Hall–Kier alpha value is -1.92. The summed E-state index contributed by atoms with van der Waals surface area (Å²) in [4.78, 5) is 12.4. The van der Waals surface area contributed by atoms with Crippen LogP contribution in [0.5, 0.6) is 0 Å². The maximum atomic E-state index is 12.4. The van der Waals surface area contributed by atoms with Crippen molar-refractivity contribution >= 4 is 18.3 Å². The van der Waals surface area contributed by atoms with Crippen LogP contribution in [0.1, 0.15) is 42.7 Å². The van der Waals surface area contributed by atoms with Gasteiger partial charge < -0.3 is 11.1 Å². The predicted molar refractivity (Wildman–Crippen MR) is 93.2 cm³/mol. The van der Waals surface area contributed by atoms with Gasteiger partial charge in [-0.2, -0.15) is 0 Å². The summed E-state index contributed by atoms with van der Waals surface area (Å²) >= 11 is 0. The molecule has 2 aromatic rings. The third kappa shape index (κ3) is 4.30. The molecule has 0 spiro atoms. The van der Waals surface area contributed by atoms with Crippen LogP contribution in [-0.2, 0) is 0 Å². The molecule has 0 aliphatic rings. The minimum absolute atomic E-state index is 0. The van der Waals surface area contributed by atoms with E-state index in [2.05, 4.69) is 15.6 Å². The highest BCUT2D eigenvalue weighted by atomic mass is 35.5. The molecule has 0 atom stereocenters. The number of hydrogen-bond acceptors (Lipinski definition) is 4. The summed E-state index contributed by atoms with van der Waals surface area (Å²) in [5.74, 6) is -0.243. The van der Waals surface area contributed by atoms with Crippen molar-refractivity contribution in [3.05, 3.63) is 41.7 Å². The minimum Gasteiger partial charge on any atom is -0.344 e. The number of nitrogens with two attached hydrogens (primary N) is 1. The predicted octanol–water partition coefficient (Wildman–Crippen LogP) is 2.24. The van der Waals surface area contributed by atoms with Gasteiger partial charge in [0.2, 0.25) is 0 Å². The summed E-state index contributed by atoms with van der Waals surface area (Å²) in [6.45, 7) is 6.43. The highest BCUT2D eigenvalue weighted by Gasteiger charge is 2.27. The highest BCUT2D eigenvalue weighted by molar-refractivity contribution is 5.92. The molecular formula is C16H24ClN5O. The maximum Gasteiger partial charge on any atom is 0.273 e. The van der Waals surface area contributed by atoms with Crippen LogP contribution in [0.3, 0.4) is 0 Å². The van der Waals surface area contributed by atoms with Crippen molar-refractivity contribution in [3.63, 3.8) is 0 Å². The minimum atomic E-state index is -0.385. The van der Waals surface area contributed by atoms with Crippen molar-refractivity contribution in [2.45, 2.75) is 39.2 Å². The molecule has 0 radical (unpaired) electrons. The summed E-state index contributed by atoms with van der Waals surface area (Å²) in [5, 5.41) is 11.0. The average Bonchev–Trinajstić information content (AvgIpc) is 3.03. The molecule has 1 aromatic heterocycles. The first-order chi connectivity index (χ1) is 10.5. The van der Waals surface area contributed by atoms with Crippen molar-refractivity contribution in [3.8, 4) is 5.69 Å². The maximum absolute atomic E-state index is 12.4. The third-order valence-electron chi connectivity index (χ3n) is 4.12. The van der Waals surface area contributed by atoms with E-state index in [0.717, 1.165) is 24.1 Å². The number of amides is 1. The Morgan fingerprint density at radius 3 is 2.61 bits per heavy atom. The first-order valence-corrected chi connectivity index (χ1v) is 7.55. The number of hydrogen-bond donors (Lipinski definition) is 2. The molecule has 0 bridgehead atoms. The summed E-state index contributed by atoms with van der Waals surface area (Å²) in [7, 11) is 0. The molecule has 0 fully saturated rings. The van der Waals surface area contributed by atoms with Gasteiger partial charge in [0.05, 0.1) is 17.4 Å². The highest BCUT2D eigenvalue weighted by Crippen LogP contribution is 2.14. The zero-order valence-electron chi connectivity index (χ0n) is 13.7. The number of carbonyl (C=O) groups is 1. The van der Waals surface area contributed by atoms with E-state index in [1.807, 2.05) is 45.0 Å². The van der Waals surface area contributed by atoms with Crippen molar-refractivity contribution in [2.75, 3.05) is 6.54 Å².